The standard InChI is InChI=1S/C15H12ClN3/c1-9-10(2)15(16)19-18-14(9)13-8-17-7-11-5-3-4-6-12(11)13/h3-8H,1-2H3. The molecular formula is C15H12ClN3. The van der Waals surface area contributed by atoms with Crippen molar-refractivity contribution >= 4 is 22.4 Å². The molecule has 0 unspecified atom stereocenters. The number of halogens is 1. The van der Waals surface area contributed by atoms with Crippen molar-refractivity contribution in [2.45, 2.75) is 13.8 Å². The molecule has 94 valence electrons. The van der Waals surface area contributed by atoms with E-state index in [0.717, 1.165) is 33.2 Å². The minimum absolute atomic E-state index is 0.453. The van der Waals surface area contributed by atoms with Crippen molar-refractivity contribution in [3.8, 4) is 11.3 Å². The summed E-state index contributed by atoms with van der Waals surface area (Å²) in [6, 6.07) is 8.12. The van der Waals surface area contributed by atoms with Crippen molar-refractivity contribution in [3.05, 3.63) is 52.9 Å². The van der Waals surface area contributed by atoms with E-state index in [4.69, 9.17) is 11.6 Å². The Kier molecular flexibility index (Phi) is 2.91. The van der Waals surface area contributed by atoms with Gasteiger partial charge in [-0.1, -0.05) is 35.9 Å². The molecule has 0 spiro atoms. The van der Waals surface area contributed by atoms with E-state index in [1.54, 1.807) is 0 Å². The molecule has 4 heteroatoms. The molecule has 0 aliphatic heterocycles. The van der Waals surface area contributed by atoms with Crippen LogP contribution in [0.3, 0.4) is 0 Å². The van der Waals surface area contributed by atoms with E-state index < -0.39 is 0 Å². The second-order valence-electron chi connectivity index (χ2n) is 4.50. The highest BCUT2D eigenvalue weighted by atomic mass is 35.5. The number of pyridine rings is 1. The van der Waals surface area contributed by atoms with Crippen LogP contribution in [0.4, 0.5) is 0 Å². The average Bonchev–Trinajstić information content (AvgIpc) is 2.45. The van der Waals surface area contributed by atoms with Crippen LogP contribution in [-0.4, -0.2) is 15.2 Å². The van der Waals surface area contributed by atoms with Gasteiger partial charge < -0.3 is 0 Å². The highest BCUT2D eigenvalue weighted by molar-refractivity contribution is 6.30. The van der Waals surface area contributed by atoms with Gasteiger partial charge in [0, 0.05) is 23.3 Å². The second kappa shape index (κ2) is 4.59. The summed E-state index contributed by atoms with van der Waals surface area (Å²) in [5.41, 5.74) is 3.83. The normalized spacial score (nSPS) is 10.9. The van der Waals surface area contributed by atoms with E-state index >= 15 is 0 Å². The Morgan fingerprint density at radius 3 is 2.58 bits per heavy atom. The molecule has 0 fully saturated rings. The van der Waals surface area contributed by atoms with Gasteiger partial charge in [-0.2, -0.15) is 0 Å². The zero-order chi connectivity index (χ0) is 13.4. The van der Waals surface area contributed by atoms with Crippen molar-refractivity contribution in [1.29, 1.82) is 0 Å². The molecule has 0 radical (unpaired) electrons. The van der Waals surface area contributed by atoms with Gasteiger partial charge in [-0.3, -0.25) is 4.98 Å². The molecule has 0 bridgehead atoms. The maximum atomic E-state index is 6.00. The molecule has 3 aromatic rings. The number of benzene rings is 1. The van der Waals surface area contributed by atoms with Crippen molar-refractivity contribution in [1.82, 2.24) is 15.2 Å². The van der Waals surface area contributed by atoms with Crippen molar-refractivity contribution in [2.75, 3.05) is 0 Å². The summed E-state index contributed by atoms with van der Waals surface area (Å²) in [5.74, 6) is 0. The number of fused-ring (bicyclic) bond motifs is 1. The van der Waals surface area contributed by atoms with Crippen molar-refractivity contribution < 1.29 is 0 Å². The molecule has 0 N–H and O–H groups in total. The molecule has 1 aromatic carbocycles. The number of nitrogens with zero attached hydrogens (tertiary/aromatic N) is 3. The van der Waals surface area contributed by atoms with E-state index in [-0.39, 0.29) is 0 Å². The van der Waals surface area contributed by atoms with Crippen LogP contribution in [-0.2, 0) is 0 Å². The number of aromatic nitrogens is 3. The Morgan fingerprint density at radius 1 is 0.947 bits per heavy atom. The minimum atomic E-state index is 0.453. The predicted octanol–water partition coefficient (Wildman–Crippen LogP) is 3.96. The lowest BCUT2D eigenvalue weighted by molar-refractivity contribution is 1.00. The monoisotopic (exact) mass is 269 g/mol. The molecule has 3 rings (SSSR count). The Bertz CT molecular complexity index is 763. The highest BCUT2D eigenvalue weighted by Crippen LogP contribution is 2.30. The first-order chi connectivity index (χ1) is 9.18. The Labute approximate surface area is 116 Å². The number of hydrogen-bond donors (Lipinski definition) is 0. The fraction of sp³-hybridized carbons (Fsp3) is 0.133. The molecule has 0 saturated heterocycles. The zero-order valence-electron chi connectivity index (χ0n) is 10.7. The fourth-order valence-electron chi connectivity index (χ4n) is 2.14. The Balaban J connectivity index is 2.34. The van der Waals surface area contributed by atoms with Crippen molar-refractivity contribution in [2.24, 2.45) is 0 Å². The molecule has 0 aliphatic carbocycles. The van der Waals surface area contributed by atoms with Crippen LogP contribution in [0.2, 0.25) is 5.15 Å². The van der Waals surface area contributed by atoms with Gasteiger partial charge in [0.15, 0.2) is 5.15 Å². The van der Waals surface area contributed by atoms with Gasteiger partial charge >= 0.3 is 0 Å². The summed E-state index contributed by atoms with van der Waals surface area (Å²) in [6.07, 6.45) is 3.68. The third-order valence-electron chi connectivity index (χ3n) is 3.39. The van der Waals surface area contributed by atoms with Crippen molar-refractivity contribution in [3.63, 3.8) is 0 Å². The van der Waals surface area contributed by atoms with Crippen LogP contribution >= 0.6 is 11.6 Å². The van der Waals surface area contributed by atoms with E-state index in [2.05, 4.69) is 21.2 Å². The molecule has 0 saturated carbocycles. The Morgan fingerprint density at radius 2 is 1.74 bits per heavy atom. The fourth-order valence-corrected chi connectivity index (χ4v) is 2.32. The first-order valence-electron chi connectivity index (χ1n) is 6.01. The molecule has 19 heavy (non-hydrogen) atoms. The van der Waals surface area contributed by atoms with E-state index in [9.17, 15) is 0 Å². The summed E-state index contributed by atoms with van der Waals surface area (Å²) >= 11 is 6.00. The Hall–Kier alpha value is -2.00. The lowest BCUT2D eigenvalue weighted by Gasteiger charge is -2.10. The second-order valence-corrected chi connectivity index (χ2v) is 4.86. The van der Waals surface area contributed by atoms with Crippen LogP contribution in [0, 0.1) is 13.8 Å². The maximum absolute atomic E-state index is 6.00. The number of hydrogen-bond acceptors (Lipinski definition) is 3. The minimum Gasteiger partial charge on any atom is -0.263 e. The molecule has 2 aromatic heterocycles. The van der Waals surface area contributed by atoms with E-state index in [0.29, 0.717) is 5.15 Å². The van der Waals surface area contributed by atoms with Gasteiger partial charge in [0.05, 0.1) is 5.69 Å². The van der Waals surface area contributed by atoms with Crippen LogP contribution in [0.1, 0.15) is 11.1 Å². The van der Waals surface area contributed by atoms with Gasteiger partial charge in [-0.15, -0.1) is 10.2 Å². The molecule has 0 aliphatic rings. The maximum Gasteiger partial charge on any atom is 0.154 e. The molecule has 3 nitrogen and oxygen atoms in total. The van der Waals surface area contributed by atoms with Gasteiger partial charge in [0.1, 0.15) is 0 Å². The zero-order valence-corrected chi connectivity index (χ0v) is 11.4. The van der Waals surface area contributed by atoms with E-state index in [1.165, 1.54) is 0 Å². The van der Waals surface area contributed by atoms with Crippen LogP contribution in [0.15, 0.2) is 36.7 Å². The van der Waals surface area contributed by atoms with Gasteiger partial charge in [-0.05, 0) is 30.4 Å². The summed E-state index contributed by atoms with van der Waals surface area (Å²) in [6.45, 7) is 3.96. The van der Waals surface area contributed by atoms with E-state index in [1.807, 2.05) is 44.4 Å². The van der Waals surface area contributed by atoms with Crippen LogP contribution in [0.25, 0.3) is 22.0 Å². The quantitative estimate of drug-likeness (QED) is 0.671. The van der Waals surface area contributed by atoms with Crippen LogP contribution < -0.4 is 0 Å². The average molecular weight is 270 g/mol. The topological polar surface area (TPSA) is 38.7 Å². The lowest BCUT2D eigenvalue weighted by atomic mass is 10.0. The predicted molar refractivity (Wildman–Crippen MR) is 77.3 cm³/mol. The largest absolute Gasteiger partial charge is 0.263 e. The number of rotatable bonds is 1. The third kappa shape index (κ3) is 1.96. The first-order valence-corrected chi connectivity index (χ1v) is 6.39. The molecular weight excluding hydrogens is 258 g/mol. The summed E-state index contributed by atoms with van der Waals surface area (Å²) < 4.78 is 0. The van der Waals surface area contributed by atoms with Gasteiger partial charge in [0.2, 0.25) is 0 Å². The molecule has 0 atom stereocenters. The van der Waals surface area contributed by atoms with Gasteiger partial charge in [-0.25, -0.2) is 0 Å². The summed E-state index contributed by atoms with van der Waals surface area (Å²) in [7, 11) is 0. The summed E-state index contributed by atoms with van der Waals surface area (Å²) in [4.78, 5) is 4.28. The SMILES string of the molecule is Cc1c(Cl)nnc(-c2cncc3ccccc23)c1C. The molecule has 0 amide bonds. The van der Waals surface area contributed by atoms with Crippen LogP contribution in [0.5, 0.6) is 0 Å². The van der Waals surface area contributed by atoms with Gasteiger partial charge in [0.25, 0.3) is 0 Å². The summed E-state index contributed by atoms with van der Waals surface area (Å²) in [5, 5.41) is 10.9. The third-order valence-corrected chi connectivity index (χ3v) is 3.75. The highest BCUT2D eigenvalue weighted by Gasteiger charge is 2.12. The lowest BCUT2D eigenvalue weighted by Crippen LogP contribution is -1.97. The first kappa shape index (κ1) is 12.1. The smallest absolute Gasteiger partial charge is 0.154 e. The molecule has 2 heterocycles.